The van der Waals surface area contributed by atoms with Crippen LogP contribution >= 0.6 is 23.4 Å². The van der Waals surface area contributed by atoms with Gasteiger partial charge in [0.05, 0.1) is 18.4 Å². The van der Waals surface area contributed by atoms with Gasteiger partial charge >= 0.3 is 0 Å². The van der Waals surface area contributed by atoms with Crippen molar-refractivity contribution in [1.29, 1.82) is 0 Å². The maximum absolute atomic E-state index is 10.7. The summed E-state index contributed by atoms with van der Waals surface area (Å²) in [6, 6.07) is 15.1. The zero-order chi connectivity index (χ0) is 16.5. The smallest absolute Gasteiger partial charge is 0.0524 e. The molecule has 0 unspecified atom stereocenters. The first-order valence-electron chi connectivity index (χ1n) is 8.12. The summed E-state index contributed by atoms with van der Waals surface area (Å²) in [6.45, 7) is 3.09. The van der Waals surface area contributed by atoms with Crippen molar-refractivity contribution in [2.45, 2.75) is 22.3 Å². The second-order valence-corrected chi connectivity index (χ2v) is 7.70. The first-order valence-corrected chi connectivity index (χ1v) is 9.31. The summed E-state index contributed by atoms with van der Waals surface area (Å²) >= 11 is 8.06. The maximum Gasteiger partial charge on any atom is 0.0524 e. The summed E-state index contributed by atoms with van der Waals surface area (Å²) < 4.78 is 0. The molecule has 0 radical (unpaired) electrons. The molecule has 0 aromatic heterocycles. The van der Waals surface area contributed by atoms with E-state index in [0.717, 1.165) is 24.5 Å². The molecule has 2 aliphatic heterocycles. The highest BCUT2D eigenvalue weighted by atomic mass is 35.5. The molecule has 0 amide bonds. The molecule has 0 saturated carbocycles. The number of halogens is 1. The van der Waals surface area contributed by atoms with Crippen LogP contribution < -0.4 is 0 Å². The highest BCUT2D eigenvalue weighted by Crippen LogP contribution is 2.43. The van der Waals surface area contributed by atoms with Gasteiger partial charge in [-0.3, -0.25) is 9.91 Å². The third kappa shape index (κ3) is 3.04. The van der Waals surface area contributed by atoms with E-state index in [9.17, 15) is 4.91 Å². The fourth-order valence-electron chi connectivity index (χ4n) is 3.52. The number of nitroso groups, excluding NO2 is 1. The monoisotopic (exact) mass is 359 g/mol. The third-order valence-corrected chi connectivity index (χ3v) is 6.23. The molecule has 0 spiro atoms. The molecule has 2 aliphatic rings. The summed E-state index contributed by atoms with van der Waals surface area (Å²) in [5.74, 6) is 0. The van der Waals surface area contributed by atoms with Gasteiger partial charge in [0.25, 0.3) is 0 Å². The Morgan fingerprint density at radius 1 is 1.04 bits per heavy atom. The van der Waals surface area contributed by atoms with Gasteiger partial charge in [0, 0.05) is 33.9 Å². The zero-order valence-electron chi connectivity index (χ0n) is 13.2. The van der Waals surface area contributed by atoms with Crippen molar-refractivity contribution in [2.75, 3.05) is 26.2 Å². The second-order valence-electron chi connectivity index (χ2n) is 6.18. The van der Waals surface area contributed by atoms with Gasteiger partial charge in [-0.1, -0.05) is 41.6 Å². The molecule has 6 heteroatoms. The largest absolute Gasteiger partial charge is 0.292 e. The standard InChI is InChI=1S/C18H18ClN3OS/c19-14-5-6-17-13(11-14)12-16(15-3-1-2-4-18(15)24-17)21-7-9-22(20-23)10-8-21/h1-6,11,16H,7-10,12H2/t16-/m0/s1. The van der Waals surface area contributed by atoms with Gasteiger partial charge in [0.1, 0.15) is 0 Å². The van der Waals surface area contributed by atoms with Crippen LogP contribution in [0.1, 0.15) is 17.2 Å². The highest BCUT2D eigenvalue weighted by Gasteiger charge is 2.29. The summed E-state index contributed by atoms with van der Waals surface area (Å²) in [5, 5.41) is 5.47. The molecule has 124 valence electrons. The first-order chi connectivity index (χ1) is 11.7. The SMILES string of the molecule is O=NN1CCN([C@H]2Cc3cc(Cl)ccc3Sc3ccccc32)CC1. The number of piperazine rings is 1. The van der Waals surface area contributed by atoms with E-state index in [-0.39, 0.29) is 0 Å². The molecule has 4 rings (SSSR count). The fraction of sp³-hybridized carbons (Fsp3) is 0.333. The van der Waals surface area contributed by atoms with E-state index >= 15 is 0 Å². The molecule has 2 heterocycles. The number of fused-ring (bicyclic) bond motifs is 2. The summed E-state index contributed by atoms with van der Waals surface area (Å²) in [7, 11) is 0. The van der Waals surface area contributed by atoms with Crippen molar-refractivity contribution >= 4 is 23.4 Å². The fourth-order valence-corrected chi connectivity index (χ4v) is 4.83. The summed E-state index contributed by atoms with van der Waals surface area (Å²) in [4.78, 5) is 15.8. The lowest BCUT2D eigenvalue weighted by atomic mass is 9.97. The average molecular weight is 360 g/mol. The number of hydrogen-bond acceptors (Lipinski definition) is 4. The molecule has 4 nitrogen and oxygen atoms in total. The molecule has 1 saturated heterocycles. The Morgan fingerprint density at radius 2 is 1.83 bits per heavy atom. The topological polar surface area (TPSA) is 35.9 Å². The average Bonchev–Trinajstić information content (AvgIpc) is 2.78. The summed E-state index contributed by atoms with van der Waals surface area (Å²) in [5.41, 5.74) is 2.66. The van der Waals surface area contributed by atoms with Crippen LogP contribution in [0.2, 0.25) is 5.02 Å². The van der Waals surface area contributed by atoms with E-state index in [2.05, 4.69) is 46.6 Å². The Labute approximate surface area is 150 Å². The van der Waals surface area contributed by atoms with Crippen molar-refractivity contribution in [3.63, 3.8) is 0 Å². The Morgan fingerprint density at radius 3 is 2.62 bits per heavy atom. The van der Waals surface area contributed by atoms with E-state index in [1.807, 2.05) is 17.8 Å². The Balaban J connectivity index is 1.71. The second kappa shape index (κ2) is 6.75. The minimum Gasteiger partial charge on any atom is -0.292 e. The van der Waals surface area contributed by atoms with Crippen LogP contribution in [0.25, 0.3) is 0 Å². The molecule has 0 aliphatic carbocycles. The third-order valence-electron chi connectivity index (χ3n) is 4.78. The summed E-state index contributed by atoms with van der Waals surface area (Å²) in [6.07, 6.45) is 0.939. The van der Waals surface area contributed by atoms with Crippen LogP contribution in [0.3, 0.4) is 0 Å². The molecule has 2 aromatic carbocycles. The predicted octanol–water partition coefficient (Wildman–Crippen LogP) is 4.39. The lowest BCUT2D eigenvalue weighted by Gasteiger charge is -2.37. The molecular weight excluding hydrogens is 342 g/mol. The van der Waals surface area contributed by atoms with Gasteiger partial charge in [-0.2, -0.15) is 0 Å². The molecule has 0 bridgehead atoms. The van der Waals surface area contributed by atoms with Crippen molar-refractivity contribution in [2.24, 2.45) is 5.29 Å². The highest BCUT2D eigenvalue weighted by molar-refractivity contribution is 7.99. The van der Waals surface area contributed by atoms with E-state index in [1.54, 1.807) is 5.01 Å². The van der Waals surface area contributed by atoms with Crippen LogP contribution in [-0.2, 0) is 6.42 Å². The lowest BCUT2D eigenvalue weighted by Crippen LogP contribution is -2.45. The Hall–Kier alpha value is -1.56. The van der Waals surface area contributed by atoms with E-state index < -0.39 is 0 Å². The first kappa shape index (κ1) is 15.9. The minimum atomic E-state index is 0.308. The van der Waals surface area contributed by atoms with Crippen molar-refractivity contribution in [1.82, 2.24) is 9.91 Å². The van der Waals surface area contributed by atoms with Crippen LogP contribution in [0.5, 0.6) is 0 Å². The zero-order valence-corrected chi connectivity index (χ0v) is 14.8. The van der Waals surface area contributed by atoms with Gasteiger partial charge in [0.2, 0.25) is 0 Å². The van der Waals surface area contributed by atoms with Crippen LogP contribution in [0.4, 0.5) is 0 Å². The van der Waals surface area contributed by atoms with Crippen LogP contribution in [0, 0.1) is 4.91 Å². The van der Waals surface area contributed by atoms with Gasteiger partial charge in [-0.05, 0) is 41.8 Å². The van der Waals surface area contributed by atoms with E-state index in [0.29, 0.717) is 19.1 Å². The van der Waals surface area contributed by atoms with E-state index in [4.69, 9.17) is 11.6 Å². The molecule has 2 aromatic rings. The van der Waals surface area contributed by atoms with Crippen molar-refractivity contribution < 1.29 is 0 Å². The van der Waals surface area contributed by atoms with Gasteiger partial charge in [-0.15, -0.1) is 4.91 Å². The molecular formula is C18H18ClN3OS. The molecule has 24 heavy (non-hydrogen) atoms. The molecule has 1 fully saturated rings. The quantitative estimate of drug-likeness (QED) is 0.745. The number of hydrogen-bond donors (Lipinski definition) is 0. The normalized spacial score (nSPS) is 20.9. The van der Waals surface area contributed by atoms with Crippen LogP contribution in [-0.4, -0.2) is 36.1 Å². The molecule has 0 N–H and O–H groups in total. The van der Waals surface area contributed by atoms with Crippen molar-refractivity contribution in [3.05, 3.63) is 63.5 Å². The predicted molar refractivity (Wildman–Crippen MR) is 97.4 cm³/mol. The van der Waals surface area contributed by atoms with Crippen LogP contribution in [0.15, 0.2) is 57.5 Å². The van der Waals surface area contributed by atoms with Gasteiger partial charge in [0.15, 0.2) is 0 Å². The van der Waals surface area contributed by atoms with Crippen molar-refractivity contribution in [3.8, 4) is 0 Å². The number of rotatable bonds is 2. The maximum atomic E-state index is 10.7. The number of nitrogens with zero attached hydrogens (tertiary/aromatic N) is 3. The minimum absolute atomic E-state index is 0.308. The lowest BCUT2D eigenvalue weighted by molar-refractivity contribution is 0.0954. The number of benzene rings is 2. The Bertz CT molecular complexity index is 762. The van der Waals surface area contributed by atoms with Gasteiger partial charge in [-0.25, -0.2) is 0 Å². The molecule has 1 atom stereocenters. The van der Waals surface area contributed by atoms with Gasteiger partial charge < -0.3 is 0 Å². The van der Waals surface area contributed by atoms with E-state index in [1.165, 1.54) is 20.9 Å². The Kier molecular flexibility index (Phi) is 4.48.